The fourth-order valence-electron chi connectivity index (χ4n) is 2.17. The van der Waals surface area contributed by atoms with E-state index in [1.807, 2.05) is 0 Å². The maximum absolute atomic E-state index is 14.1. The Morgan fingerprint density at radius 3 is 2.00 bits per heavy atom. The SMILES string of the molecule is CC(NC(F)N1CCN(C(=O)OC(C(F)(F)F)C(F)(F)F)CC1)OCC(=O)O. The van der Waals surface area contributed by atoms with Crippen LogP contribution in [0.3, 0.4) is 0 Å². The van der Waals surface area contributed by atoms with E-state index in [1.54, 1.807) is 0 Å². The molecule has 1 heterocycles. The zero-order valence-corrected chi connectivity index (χ0v) is 14.4. The Hall–Kier alpha value is -1.87. The summed E-state index contributed by atoms with van der Waals surface area (Å²) in [5, 5.41) is 10.7. The summed E-state index contributed by atoms with van der Waals surface area (Å²) in [5.41, 5.74) is 0. The summed E-state index contributed by atoms with van der Waals surface area (Å²) in [6.45, 7) is -0.561. The Labute approximate surface area is 154 Å². The second kappa shape index (κ2) is 9.56. The van der Waals surface area contributed by atoms with Gasteiger partial charge < -0.3 is 19.5 Å². The molecule has 0 aromatic rings. The molecule has 1 amide bonds. The van der Waals surface area contributed by atoms with Gasteiger partial charge in [-0.25, -0.2) is 19.3 Å². The molecule has 1 aliphatic rings. The lowest BCUT2D eigenvalue weighted by molar-refractivity contribution is -0.308. The molecule has 0 saturated carbocycles. The van der Waals surface area contributed by atoms with Crippen LogP contribution in [0.2, 0.25) is 0 Å². The summed E-state index contributed by atoms with van der Waals surface area (Å²) >= 11 is 0. The summed E-state index contributed by atoms with van der Waals surface area (Å²) in [4.78, 5) is 23.6. The van der Waals surface area contributed by atoms with Crippen molar-refractivity contribution in [2.24, 2.45) is 0 Å². The average molecular weight is 429 g/mol. The summed E-state index contributed by atoms with van der Waals surface area (Å²) in [7, 11) is 0. The van der Waals surface area contributed by atoms with Crippen LogP contribution in [-0.4, -0.2) is 90.9 Å². The number of amides is 1. The largest absolute Gasteiger partial charge is 0.480 e. The number of nitrogens with zero attached hydrogens (tertiary/aromatic N) is 2. The minimum absolute atomic E-state index is 0.225. The van der Waals surface area contributed by atoms with Crippen LogP contribution in [0.25, 0.3) is 0 Å². The van der Waals surface area contributed by atoms with Gasteiger partial charge in [0.25, 0.3) is 6.10 Å². The van der Waals surface area contributed by atoms with Gasteiger partial charge in [-0.15, -0.1) is 0 Å². The lowest BCUT2D eigenvalue weighted by atomic mass is 10.3. The highest BCUT2D eigenvalue weighted by Gasteiger charge is 2.60. The van der Waals surface area contributed by atoms with Crippen molar-refractivity contribution in [3.05, 3.63) is 0 Å². The number of alkyl halides is 7. The average Bonchev–Trinajstić information content (AvgIpc) is 2.55. The molecule has 1 rings (SSSR count). The zero-order chi connectivity index (χ0) is 21.7. The number of hydrogen-bond donors (Lipinski definition) is 2. The van der Waals surface area contributed by atoms with E-state index in [4.69, 9.17) is 9.84 Å². The van der Waals surface area contributed by atoms with Crippen molar-refractivity contribution in [2.75, 3.05) is 32.8 Å². The molecule has 0 aromatic carbocycles. The normalized spacial score (nSPS) is 18.8. The number of rotatable bonds is 7. The van der Waals surface area contributed by atoms with Crippen LogP contribution in [0.5, 0.6) is 0 Å². The van der Waals surface area contributed by atoms with Crippen molar-refractivity contribution in [1.29, 1.82) is 0 Å². The lowest BCUT2D eigenvalue weighted by Crippen LogP contribution is -2.57. The molecule has 164 valence electrons. The van der Waals surface area contributed by atoms with Crippen LogP contribution in [0, 0.1) is 0 Å². The topological polar surface area (TPSA) is 91.3 Å². The number of ether oxygens (including phenoxy) is 2. The highest BCUT2D eigenvalue weighted by molar-refractivity contribution is 5.68. The van der Waals surface area contributed by atoms with Crippen LogP contribution < -0.4 is 5.32 Å². The van der Waals surface area contributed by atoms with Gasteiger partial charge >= 0.3 is 24.4 Å². The van der Waals surface area contributed by atoms with Crippen molar-refractivity contribution in [2.45, 2.75) is 38.0 Å². The Morgan fingerprint density at radius 2 is 1.57 bits per heavy atom. The summed E-state index contributed by atoms with van der Waals surface area (Å²) in [6.07, 6.45) is -20.6. The van der Waals surface area contributed by atoms with Gasteiger partial charge in [-0.2, -0.15) is 26.3 Å². The molecule has 2 atom stereocenters. The fourth-order valence-corrected chi connectivity index (χ4v) is 2.17. The molecule has 15 heteroatoms. The Kier molecular flexibility index (Phi) is 8.25. The lowest BCUT2D eigenvalue weighted by Gasteiger charge is -2.37. The molecule has 1 saturated heterocycles. The molecule has 0 radical (unpaired) electrons. The Morgan fingerprint density at radius 1 is 1.07 bits per heavy atom. The molecule has 2 unspecified atom stereocenters. The molecule has 1 fully saturated rings. The van der Waals surface area contributed by atoms with Crippen molar-refractivity contribution < 1.29 is 54.9 Å². The van der Waals surface area contributed by atoms with E-state index in [2.05, 4.69) is 10.1 Å². The van der Waals surface area contributed by atoms with Crippen molar-refractivity contribution in [3.8, 4) is 0 Å². The number of carboxylic acids is 1. The van der Waals surface area contributed by atoms with Crippen LogP contribution in [0.1, 0.15) is 6.92 Å². The van der Waals surface area contributed by atoms with Gasteiger partial charge in [-0.1, -0.05) is 0 Å². The third-order valence-electron chi connectivity index (χ3n) is 3.54. The highest BCUT2D eigenvalue weighted by atomic mass is 19.4. The number of carbonyl (C=O) groups is 2. The second-order valence-electron chi connectivity index (χ2n) is 5.72. The minimum Gasteiger partial charge on any atom is -0.480 e. The monoisotopic (exact) mass is 429 g/mol. The van der Waals surface area contributed by atoms with Crippen LogP contribution in [0.4, 0.5) is 35.5 Å². The van der Waals surface area contributed by atoms with E-state index in [-0.39, 0.29) is 26.2 Å². The maximum Gasteiger partial charge on any atom is 0.434 e. The van der Waals surface area contributed by atoms with Crippen molar-refractivity contribution in [3.63, 3.8) is 0 Å². The smallest absolute Gasteiger partial charge is 0.434 e. The first-order chi connectivity index (χ1) is 12.7. The van der Waals surface area contributed by atoms with Gasteiger partial charge in [-0.3, -0.25) is 4.90 Å². The third kappa shape index (κ3) is 7.63. The van der Waals surface area contributed by atoms with E-state index >= 15 is 0 Å². The van der Waals surface area contributed by atoms with Crippen LogP contribution in [-0.2, 0) is 14.3 Å². The van der Waals surface area contributed by atoms with Gasteiger partial charge in [0.1, 0.15) is 12.8 Å². The number of halogens is 7. The predicted octanol–water partition coefficient (Wildman–Crippen LogP) is 1.52. The number of carbonyl (C=O) groups excluding carboxylic acids is 1. The van der Waals surface area contributed by atoms with Gasteiger partial charge in [0, 0.05) is 26.2 Å². The van der Waals surface area contributed by atoms with Crippen LogP contribution in [0.15, 0.2) is 0 Å². The number of carboxylic acid groups (broad SMARTS) is 1. The van der Waals surface area contributed by atoms with E-state index in [1.165, 1.54) is 6.92 Å². The predicted molar refractivity (Wildman–Crippen MR) is 76.6 cm³/mol. The molecular weight excluding hydrogens is 411 g/mol. The van der Waals surface area contributed by atoms with Crippen molar-refractivity contribution >= 4 is 12.1 Å². The first kappa shape index (κ1) is 24.2. The molecule has 0 aliphatic carbocycles. The number of nitrogens with one attached hydrogen (secondary N) is 1. The number of hydrogen-bond acceptors (Lipinski definition) is 6. The second-order valence-corrected chi connectivity index (χ2v) is 5.72. The molecule has 0 aromatic heterocycles. The molecule has 0 spiro atoms. The van der Waals surface area contributed by atoms with Gasteiger partial charge in [0.15, 0.2) is 0 Å². The standard InChI is InChI=1S/C13H18F7N3O5/c1-7(27-6-8(24)25)21-10(14)22-2-4-23(5-3-22)11(26)28-9(12(15,16)17)13(18,19)20/h7,9-10,21H,2-6H2,1H3,(H,24,25). The summed E-state index contributed by atoms with van der Waals surface area (Å²) < 4.78 is 96.9. The molecule has 8 nitrogen and oxygen atoms in total. The molecule has 1 aliphatic heterocycles. The maximum atomic E-state index is 14.1. The van der Waals surface area contributed by atoms with E-state index in [0.29, 0.717) is 4.90 Å². The number of piperazine rings is 1. The summed E-state index contributed by atoms with van der Waals surface area (Å²) in [5.74, 6) is -1.27. The fraction of sp³-hybridized carbons (Fsp3) is 0.846. The van der Waals surface area contributed by atoms with E-state index in [9.17, 15) is 40.3 Å². The van der Waals surface area contributed by atoms with Crippen LogP contribution >= 0.6 is 0 Å². The first-order valence-electron chi connectivity index (χ1n) is 7.78. The zero-order valence-electron chi connectivity index (χ0n) is 14.4. The Balaban J connectivity index is 2.52. The molecule has 2 N–H and O–H groups in total. The highest BCUT2D eigenvalue weighted by Crippen LogP contribution is 2.36. The van der Waals surface area contributed by atoms with Gasteiger partial charge in [-0.05, 0) is 6.92 Å². The number of aliphatic carboxylic acids is 1. The van der Waals surface area contributed by atoms with Gasteiger partial charge in [0.2, 0.25) is 6.42 Å². The van der Waals surface area contributed by atoms with Gasteiger partial charge in [0.05, 0.1) is 0 Å². The van der Waals surface area contributed by atoms with Crippen molar-refractivity contribution in [1.82, 2.24) is 15.1 Å². The quantitative estimate of drug-likeness (QED) is 0.360. The Bertz CT molecular complexity index is 524. The molecular formula is C13H18F7N3O5. The first-order valence-corrected chi connectivity index (χ1v) is 7.78. The van der Waals surface area contributed by atoms with E-state index in [0.717, 1.165) is 4.90 Å². The summed E-state index contributed by atoms with van der Waals surface area (Å²) in [6, 6.07) is 0. The third-order valence-corrected chi connectivity index (χ3v) is 3.54. The molecule has 28 heavy (non-hydrogen) atoms. The minimum atomic E-state index is -5.82. The van der Waals surface area contributed by atoms with E-state index < -0.39 is 49.8 Å². The molecule has 0 bridgehead atoms.